The molecule has 0 aliphatic heterocycles. The van der Waals surface area contributed by atoms with E-state index in [0.29, 0.717) is 11.6 Å². The van der Waals surface area contributed by atoms with Gasteiger partial charge in [0.2, 0.25) is 0 Å². The first-order valence-electron chi connectivity index (χ1n) is 3.54. The van der Waals surface area contributed by atoms with Gasteiger partial charge in [0.1, 0.15) is 0 Å². The number of nitrogen functional groups attached to an aromatic ring is 1. The molecule has 0 aliphatic rings. The summed E-state index contributed by atoms with van der Waals surface area (Å²) in [6, 6.07) is 0. The fraction of sp³-hybridized carbons (Fsp3) is 0. The zero-order valence-electron chi connectivity index (χ0n) is 6.55. The molecule has 2 aromatic rings. The molecule has 0 aromatic carbocycles. The van der Waals surface area contributed by atoms with Crippen molar-refractivity contribution in [2.24, 2.45) is 0 Å². The molecular formula is C7H6BrN5. The van der Waals surface area contributed by atoms with Crippen LogP contribution in [-0.4, -0.2) is 19.7 Å². The molecule has 0 radical (unpaired) electrons. The Hall–Kier alpha value is -1.43. The third-order valence-electron chi connectivity index (χ3n) is 1.41. The van der Waals surface area contributed by atoms with Crippen molar-refractivity contribution in [3.8, 4) is 5.95 Å². The van der Waals surface area contributed by atoms with Crippen LogP contribution in [0.15, 0.2) is 29.3 Å². The third-order valence-corrected chi connectivity index (χ3v) is 1.82. The Balaban J connectivity index is 2.41. The van der Waals surface area contributed by atoms with Crippen molar-refractivity contribution in [1.82, 2.24) is 19.7 Å². The molecule has 0 amide bonds. The minimum atomic E-state index is 0.500. The lowest BCUT2D eigenvalue weighted by Crippen LogP contribution is -2.01. The molecule has 13 heavy (non-hydrogen) atoms. The zero-order valence-corrected chi connectivity index (χ0v) is 8.14. The van der Waals surface area contributed by atoms with Gasteiger partial charge in [-0.15, -0.1) is 0 Å². The van der Waals surface area contributed by atoms with Crippen LogP contribution in [0, 0.1) is 0 Å². The number of aromatic nitrogens is 4. The Bertz CT molecular complexity index is 407. The van der Waals surface area contributed by atoms with Gasteiger partial charge in [0.25, 0.3) is 5.95 Å². The molecule has 6 heteroatoms. The average molecular weight is 240 g/mol. The molecule has 5 nitrogen and oxygen atoms in total. The van der Waals surface area contributed by atoms with Crippen molar-refractivity contribution in [2.45, 2.75) is 0 Å². The Morgan fingerprint density at radius 1 is 1.23 bits per heavy atom. The Kier molecular flexibility index (Phi) is 1.97. The van der Waals surface area contributed by atoms with Gasteiger partial charge in [-0.3, -0.25) is 0 Å². The predicted octanol–water partition coefficient (Wildman–Crippen LogP) is 1.01. The molecule has 0 fully saturated rings. The van der Waals surface area contributed by atoms with E-state index in [4.69, 9.17) is 5.73 Å². The number of rotatable bonds is 1. The molecule has 66 valence electrons. The molecule has 2 N–H and O–H groups in total. The second-order valence-corrected chi connectivity index (χ2v) is 3.34. The summed E-state index contributed by atoms with van der Waals surface area (Å²) in [4.78, 5) is 8.01. The van der Waals surface area contributed by atoms with Crippen molar-refractivity contribution in [3.63, 3.8) is 0 Å². The SMILES string of the molecule is Nc1cnc(-n2cc(Br)cn2)nc1. The summed E-state index contributed by atoms with van der Waals surface area (Å²) in [5.74, 6) is 0.500. The summed E-state index contributed by atoms with van der Waals surface area (Å²) in [7, 11) is 0. The average Bonchev–Trinajstić information content (AvgIpc) is 2.53. The molecule has 0 atom stereocenters. The van der Waals surface area contributed by atoms with Crippen LogP contribution in [0.1, 0.15) is 0 Å². The second kappa shape index (κ2) is 3.14. The normalized spacial score (nSPS) is 10.2. The molecule has 0 spiro atoms. The first kappa shape index (κ1) is 8.18. The molecule has 2 rings (SSSR count). The number of hydrogen-bond acceptors (Lipinski definition) is 4. The van der Waals surface area contributed by atoms with Crippen LogP contribution < -0.4 is 5.73 Å². The topological polar surface area (TPSA) is 69.6 Å². The highest BCUT2D eigenvalue weighted by Crippen LogP contribution is 2.09. The molecular weight excluding hydrogens is 234 g/mol. The number of anilines is 1. The van der Waals surface area contributed by atoms with Crippen LogP contribution in [0.5, 0.6) is 0 Å². The lowest BCUT2D eigenvalue weighted by molar-refractivity contribution is 0.809. The third kappa shape index (κ3) is 1.67. The lowest BCUT2D eigenvalue weighted by atomic mass is 10.6. The maximum absolute atomic E-state index is 5.45. The van der Waals surface area contributed by atoms with E-state index >= 15 is 0 Å². The van der Waals surface area contributed by atoms with Gasteiger partial charge in [-0.25, -0.2) is 14.6 Å². The highest BCUT2D eigenvalue weighted by molar-refractivity contribution is 9.10. The number of nitrogens with two attached hydrogens (primary N) is 1. The van der Waals surface area contributed by atoms with Crippen molar-refractivity contribution >= 4 is 21.6 Å². The maximum Gasteiger partial charge on any atom is 0.250 e. The smallest absolute Gasteiger partial charge is 0.250 e. The first-order valence-corrected chi connectivity index (χ1v) is 4.33. The fourth-order valence-electron chi connectivity index (χ4n) is 0.860. The van der Waals surface area contributed by atoms with Gasteiger partial charge in [-0.1, -0.05) is 0 Å². The molecule has 2 aromatic heterocycles. The molecule has 0 saturated heterocycles. The fourth-order valence-corrected chi connectivity index (χ4v) is 1.15. The number of hydrogen-bond donors (Lipinski definition) is 1. The molecule has 0 bridgehead atoms. The van der Waals surface area contributed by atoms with Crippen molar-refractivity contribution in [1.29, 1.82) is 0 Å². The highest BCUT2D eigenvalue weighted by atomic mass is 79.9. The summed E-state index contributed by atoms with van der Waals surface area (Å²) in [6.45, 7) is 0. The van der Waals surface area contributed by atoms with Gasteiger partial charge < -0.3 is 5.73 Å². The van der Waals surface area contributed by atoms with E-state index in [0.717, 1.165) is 4.47 Å². The number of halogens is 1. The first-order chi connectivity index (χ1) is 6.25. The largest absolute Gasteiger partial charge is 0.396 e. The second-order valence-electron chi connectivity index (χ2n) is 2.42. The predicted molar refractivity (Wildman–Crippen MR) is 51.3 cm³/mol. The van der Waals surface area contributed by atoms with Gasteiger partial charge in [0, 0.05) is 6.20 Å². The lowest BCUT2D eigenvalue weighted by Gasteiger charge is -1.97. The summed E-state index contributed by atoms with van der Waals surface area (Å²) in [6.07, 6.45) is 6.51. The summed E-state index contributed by atoms with van der Waals surface area (Å²) < 4.78 is 2.44. The molecule has 0 aliphatic carbocycles. The number of nitrogens with zero attached hydrogens (tertiary/aromatic N) is 4. The maximum atomic E-state index is 5.45. The van der Waals surface area contributed by atoms with Crippen LogP contribution >= 0.6 is 15.9 Å². The molecule has 0 saturated carbocycles. The summed E-state index contributed by atoms with van der Waals surface area (Å²) >= 11 is 3.28. The Morgan fingerprint density at radius 3 is 2.46 bits per heavy atom. The van der Waals surface area contributed by atoms with Gasteiger partial charge >= 0.3 is 0 Å². The van der Waals surface area contributed by atoms with Crippen LogP contribution in [0.3, 0.4) is 0 Å². The van der Waals surface area contributed by atoms with E-state index in [1.54, 1.807) is 17.1 Å². The summed E-state index contributed by atoms with van der Waals surface area (Å²) in [5, 5.41) is 4.02. The van der Waals surface area contributed by atoms with Gasteiger partial charge in [-0.2, -0.15) is 5.10 Å². The van der Waals surface area contributed by atoms with Crippen molar-refractivity contribution in [2.75, 3.05) is 5.73 Å². The minimum absolute atomic E-state index is 0.500. The zero-order chi connectivity index (χ0) is 9.26. The van der Waals surface area contributed by atoms with E-state index in [9.17, 15) is 0 Å². The van der Waals surface area contributed by atoms with Crippen LogP contribution in [0.2, 0.25) is 0 Å². The summed E-state index contributed by atoms with van der Waals surface area (Å²) in [5.41, 5.74) is 5.98. The van der Waals surface area contributed by atoms with Gasteiger partial charge in [-0.05, 0) is 15.9 Å². The quantitative estimate of drug-likeness (QED) is 0.807. The van der Waals surface area contributed by atoms with E-state index in [1.165, 1.54) is 12.4 Å². The Morgan fingerprint density at radius 2 is 1.92 bits per heavy atom. The minimum Gasteiger partial charge on any atom is -0.396 e. The van der Waals surface area contributed by atoms with E-state index < -0.39 is 0 Å². The van der Waals surface area contributed by atoms with E-state index in [-0.39, 0.29) is 0 Å². The van der Waals surface area contributed by atoms with Crippen molar-refractivity contribution < 1.29 is 0 Å². The monoisotopic (exact) mass is 239 g/mol. The van der Waals surface area contributed by atoms with E-state index in [1.807, 2.05) is 0 Å². The van der Waals surface area contributed by atoms with E-state index in [2.05, 4.69) is 31.0 Å². The molecule has 0 unspecified atom stereocenters. The van der Waals surface area contributed by atoms with Crippen LogP contribution in [-0.2, 0) is 0 Å². The van der Waals surface area contributed by atoms with Crippen molar-refractivity contribution in [3.05, 3.63) is 29.3 Å². The highest BCUT2D eigenvalue weighted by Gasteiger charge is 2.00. The standard InChI is InChI=1S/C7H6BrN5/c8-5-1-12-13(4-5)7-10-2-6(9)3-11-7/h1-4H,9H2. The van der Waals surface area contributed by atoms with Crippen LogP contribution in [0.25, 0.3) is 5.95 Å². The van der Waals surface area contributed by atoms with Crippen LogP contribution in [0.4, 0.5) is 5.69 Å². The van der Waals surface area contributed by atoms with Gasteiger partial charge in [0.05, 0.1) is 28.8 Å². The Labute approximate surface area is 82.7 Å². The molecule has 2 heterocycles. The van der Waals surface area contributed by atoms with Gasteiger partial charge in [0.15, 0.2) is 0 Å².